The van der Waals surface area contributed by atoms with E-state index in [2.05, 4.69) is 10.6 Å². The molecule has 0 radical (unpaired) electrons. The minimum Gasteiger partial charge on any atom is -0.325 e. The number of carbonyl (C=O) groups is 2. The van der Waals surface area contributed by atoms with E-state index in [1.165, 1.54) is 0 Å². The predicted molar refractivity (Wildman–Crippen MR) is 96.5 cm³/mol. The molecule has 3 rings (SSSR count). The molecule has 0 atom stereocenters. The van der Waals surface area contributed by atoms with E-state index in [4.69, 9.17) is 28.5 Å². The van der Waals surface area contributed by atoms with E-state index in [1.807, 2.05) is 6.07 Å². The van der Waals surface area contributed by atoms with Crippen molar-refractivity contribution < 1.29 is 9.59 Å². The van der Waals surface area contributed by atoms with E-state index >= 15 is 0 Å². The second-order valence-corrected chi connectivity index (χ2v) is 6.71. The zero-order chi connectivity index (χ0) is 18.0. The van der Waals surface area contributed by atoms with Crippen molar-refractivity contribution in [2.45, 2.75) is 12.8 Å². The smallest absolute Gasteiger partial charge is 0.240 e. The molecule has 0 spiro atoms. The van der Waals surface area contributed by atoms with E-state index in [1.54, 1.807) is 42.5 Å². The van der Waals surface area contributed by atoms with Gasteiger partial charge in [-0.1, -0.05) is 29.3 Å². The van der Waals surface area contributed by atoms with Gasteiger partial charge in [-0.05, 0) is 49.2 Å². The molecule has 2 amide bonds. The van der Waals surface area contributed by atoms with Gasteiger partial charge in [0.1, 0.15) is 5.41 Å². The van der Waals surface area contributed by atoms with E-state index in [-0.39, 0.29) is 0 Å². The van der Waals surface area contributed by atoms with E-state index in [0.717, 1.165) is 0 Å². The Hall–Kier alpha value is -2.55. The van der Waals surface area contributed by atoms with Gasteiger partial charge in [0.05, 0.1) is 11.6 Å². The summed E-state index contributed by atoms with van der Waals surface area (Å²) in [5, 5.41) is 15.1. The summed E-state index contributed by atoms with van der Waals surface area (Å²) in [5.41, 5.74) is 0.236. The monoisotopic (exact) mass is 373 g/mol. The van der Waals surface area contributed by atoms with Gasteiger partial charge in [0.25, 0.3) is 0 Å². The average molecular weight is 374 g/mol. The first-order valence-electron chi connectivity index (χ1n) is 7.52. The quantitative estimate of drug-likeness (QED) is 0.786. The molecule has 2 N–H and O–H groups in total. The lowest BCUT2D eigenvalue weighted by Gasteiger charge is -2.16. The van der Waals surface area contributed by atoms with Crippen LogP contribution in [-0.2, 0) is 9.59 Å². The van der Waals surface area contributed by atoms with Crippen LogP contribution in [0.4, 0.5) is 11.4 Å². The molecular weight excluding hydrogens is 361 g/mol. The maximum atomic E-state index is 12.6. The highest BCUT2D eigenvalue weighted by molar-refractivity contribution is 6.35. The summed E-state index contributed by atoms with van der Waals surface area (Å²) in [5.74, 6) is -0.798. The molecule has 0 aromatic heterocycles. The number of amides is 2. The molecule has 0 bridgehead atoms. The zero-order valence-electron chi connectivity index (χ0n) is 13.0. The van der Waals surface area contributed by atoms with Crippen LogP contribution in [0, 0.1) is 16.7 Å². The number of benzene rings is 2. The molecule has 25 heavy (non-hydrogen) atoms. The van der Waals surface area contributed by atoms with Crippen LogP contribution in [0.2, 0.25) is 10.0 Å². The molecule has 5 nitrogen and oxygen atoms in total. The van der Waals surface area contributed by atoms with Crippen molar-refractivity contribution in [3.8, 4) is 6.07 Å². The van der Waals surface area contributed by atoms with Crippen molar-refractivity contribution in [2.75, 3.05) is 10.6 Å². The van der Waals surface area contributed by atoms with Gasteiger partial charge in [0.2, 0.25) is 11.8 Å². The Labute approximate surface area is 154 Å². The van der Waals surface area contributed by atoms with Crippen LogP contribution in [-0.4, -0.2) is 11.8 Å². The second kappa shape index (κ2) is 6.75. The topological polar surface area (TPSA) is 82.0 Å². The Balaban J connectivity index is 1.73. The standard InChI is InChI=1S/C18H13Cl2N3O2/c19-12-7-13(20)9-15(8-12)23-17(25)18(4-5-18)16(24)22-14-3-1-2-11(6-14)10-21/h1-3,6-9H,4-5H2,(H,22,24)(H,23,25). The summed E-state index contributed by atoms with van der Waals surface area (Å²) in [6.45, 7) is 0. The molecule has 7 heteroatoms. The van der Waals surface area contributed by atoms with Gasteiger partial charge >= 0.3 is 0 Å². The molecule has 126 valence electrons. The van der Waals surface area contributed by atoms with Gasteiger partial charge in [-0.15, -0.1) is 0 Å². The summed E-state index contributed by atoms with van der Waals surface area (Å²) < 4.78 is 0. The Morgan fingerprint density at radius 3 is 2.12 bits per heavy atom. The number of halogens is 2. The van der Waals surface area contributed by atoms with Crippen LogP contribution in [0.1, 0.15) is 18.4 Å². The van der Waals surface area contributed by atoms with Crippen molar-refractivity contribution >= 4 is 46.4 Å². The number of carbonyl (C=O) groups excluding carboxylic acids is 2. The summed E-state index contributed by atoms with van der Waals surface area (Å²) in [6, 6.07) is 13.2. The molecule has 0 heterocycles. The van der Waals surface area contributed by atoms with Crippen molar-refractivity contribution in [3.05, 3.63) is 58.1 Å². The number of rotatable bonds is 4. The van der Waals surface area contributed by atoms with Crippen LogP contribution in [0.5, 0.6) is 0 Å². The third-order valence-electron chi connectivity index (χ3n) is 3.99. The highest BCUT2D eigenvalue weighted by atomic mass is 35.5. The molecular formula is C18H13Cl2N3O2. The second-order valence-electron chi connectivity index (χ2n) is 5.84. The summed E-state index contributed by atoms with van der Waals surface area (Å²) >= 11 is 11.8. The van der Waals surface area contributed by atoms with Crippen LogP contribution < -0.4 is 10.6 Å². The molecule has 2 aromatic carbocycles. The lowest BCUT2D eigenvalue weighted by molar-refractivity contribution is -0.131. The Morgan fingerprint density at radius 2 is 1.56 bits per heavy atom. The highest BCUT2D eigenvalue weighted by Crippen LogP contribution is 2.47. The molecule has 1 fully saturated rings. The van der Waals surface area contributed by atoms with Gasteiger partial charge in [-0.3, -0.25) is 9.59 Å². The number of hydrogen-bond donors (Lipinski definition) is 2. The molecule has 1 saturated carbocycles. The zero-order valence-corrected chi connectivity index (χ0v) is 14.5. The van der Waals surface area contributed by atoms with E-state index < -0.39 is 17.2 Å². The first-order chi connectivity index (χ1) is 11.9. The fourth-order valence-electron chi connectivity index (χ4n) is 2.48. The summed E-state index contributed by atoms with van der Waals surface area (Å²) in [7, 11) is 0. The first-order valence-corrected chi connectivity index (χ1v) is 8.28. The molecule has 0 saturated heterocycles. The maximum absolute atomic E-state index is 12.6. The van der Waals surface area contributed by atoms with Gasteiger partial charge in [-0.25, -0.2) is 0 Å². The minimum atomic E-state index is -1.11. The molecule has 0 unspecified atom stereocenters. The maximum Gasteiger partial charge on any atom is 0.240 e. The lowest BCUT2D eigenvalue weighted by atomic mass is 10.0. The Kier molecular flexibility index (Phi) is 4.67. The first kappa shape index (κ1) is 17.3. The van der Waals surface area contributed by atoms with Crippen molar-refractivity contribution in [2.24, 2.45) is 5.41 Å². The third-order valence-corrected chi connectivity index (χ3v) is 4.43. The van der Waals surface area contributed by atoms with Gasteiger partial charge in [-0.2, -0.15) is 5.26 Å². The molecule has 1 aliphatic rings. The number of hydrogen-bond acceptors (Lipinski definition) is 3. The largest absolute Gasteiger partial charge is 0.325 e. The van der Waals surface area contributed by atoms with Gasteiger partial charge in [0.15, 0.2) is 0 Å². The van der Waals surface area contributed by atoms with Gasteiger partial charge in [0, 0.05) is 21.4 Å². The number of nitrogens with zero attached hydrogens (tertiary/aromatic N) is 1. The lowest BCUT2D eigenvalue weighted by Crippen LogP contribution is -2.35. The number of nitrogens with one attached hydrogen (secondary N) is 2. The summed E-state index contributed by atoms with van der Waals surface area (Å²) in [4.78, 5) is 25.1. The van der Waals surface area contributed by atoms with Crippen molar-refractivity contribution in [1.82, 2.24) is 0 Å². The van der Waals surface area contributed by atoms with E-state index in [0.29, 0.717) is 39.8 Å². The summed E-state index contributed by atoms with van der Waals surface area (Å²) in [6.07, 6.45) is 0.911. The highest BCUT2D eigenvalue weighted by Gasteiger charge is 2.56. The molecule has 2 aromatic rings. The average Bonchev–Trinajstić information content (AvgIpc) is 3.36. The van der Waals surface area contributed by atoms with Gasteiger partial charge < -0.3 is 10.6 Å². The van der Waals surface area contributed by atoms with Crippen molar-refractivity contribution in [1.29, 1.82) is 5.26 Å². The van der Waals surface area contributed by atoms with E-state index in [9.17, 15) is 9.59 Å². The minimum absolute atomic E-state index is 0.394. The van der Waals surface area contributed by atoms with Crippen LogP contribution in [0.15, 0.2) is 42.5 Å². The normalized spacial score (nSPS) is 14.3. The Bertz CT molecular complexity index is 881. The Morgan fingerprint density at radius 1 is 0.960 bits per heavy atom. The number of nitriles is 1. The van der Waals surface area contributed by atoms with Crippen molar-refractivity contribution in [3.63, 3.8) is 0 Å². The van der Waals surface area contributed by atoms with Crippen LogP contribution in [0.3, 0.4) is 0 Å². The van der Waals surface area contributed by atoms with Crippen LogP contribution >= 0.6 is 23.2 Å². The third kappa shape index (κ3) is 3.76. The molecule has 1 aliphatic carbocycles. The number of anilines is 2. The molecule has 0 aliphatic heterocycles. The SMILES string of the molecule is N#Cc1cccc(NC(=O)C2(C(=O)Nc3cc(Cl)cc(Cl)c3)CC2)c1. The predicted octanol–water partition coefficient (Wildman–Crippen LogP) is 4.22. The fraction of sp³-hybridized carbons (Fsp3) is 0.167. The fourth-order valence-corrected chi connectivity index (χ4v) is 3.00. The van der Waals surface area contributed by atoms with Crippen LogP contribution in [0.25, 0.3) is 0 Å².